The fraction of sp³-hybridized carbons (Fsp3) is 0.400. The van der Waals surface area contributed by atoms with Gasteiger partial charge in [-0.15, -0.1) is 0 Å². The van der Waals surface area contributed by atoms with Crippen LogP contribution in [0.2, 0.25) is 0 Å². The minimum atomic E-state index is -0.976. The van der Waals surface area contributed by atoms with Crippen LogP contribution in [0.1, 0.15) is 44.2 Å². The number of hydrogen-bond acceptors (Lipinski definition) is 4. The van der Waals surface area contributed by atoms with Crippen molar-refractivity contribution in [1.29, 1.82) is 0 Å². The van der Waals surface area contributed by atoms with Gasteiger partial charge in [0.15, 0.2) is 0 Å². The molecule has 1 aliphatic rings. The molecular formula is C25H30N2O5. The van der Waals surface area contributed by atoms with Crippen molar-refractivity contribution >= 4 is 18.0 Å². The Morgan fingerprint density at radius 1 is 0.969 bits per heavy atom. The number of carboxylic acid groups (broad SMARTS) is 1. The van der Waals surface area contributed by atoms with Crippen LogP contribution in [0.3, 0.4) is 0 Å². The minimum Gasteiger partial charge on any atom is -0.481 e. The van der Waals surface area contributed by atoms with E-state index in [0.717, 1.165) is 22.3 Å². The van der Waals surface area contributed by atoms with E-state index in [0.29, 0.717) is 0 Å². The van der Waals surface area contributed by atoms with Gasteiger partial charge < -0.3 is 20.5 Å². The Labute approximate surface area is 188 Å². The van der Waals surface area contributed by atoms with E-state index in [4.69, 9.17) is 9.84 Å². The molecule has 1 unspecified atom stereocenters. The second-order valence-electron chi connectivity index (χ2n) is 8.56. The summed E-state index contributed by atoms with van der Waals surface area (Å²) in [7, 11) is 0. The number of aliphatic carboxylic acids is 1. The van der Waals surface area contributed by atoms with Crippen molar-refractivity contribution in [2.24, 2.45) is 11.8 Å². The van der Waals surface area contributed by atoms with Gasteiger partial charge in [0.2, 0.25) is 5.91 Å². The number of fused-ring (bicyclic) bond motifs is 3. The summed E-state index contributed by atoms with van der Waals surface area (Å²) in [5, 5.41) is 14.3. The third-order valence-corrected chi connectivity index (χ3v) is 5.82. The maximum atomic E-state index is 12.5. The lowest BCUT2D eigenvalue weighted by Gasteiger charge is -2.23. The molecule has 0 aromatic heterocycles. The summed E-state index contributed by atoms with van der Waals surface area (Å²) in [4.78, 5) is 35.8. The largest absolute Gasteiger partial charge is 0.481 e. The number of carbonyl (C=O) groups excluding carboxylic acids is 2. The lowest BCUT2D eigenvalue weighted by Crippen LogP contribution is -2.45. The first-order chi connectivity index (χ1) is 15.3. The molecule has 0 radical (unpaired) electrons. The molecule has 32 heavy (non-hydrogen) atoms. The van der Waals surface area contributed by atoms with Crippen LogP contribution in [-0.2, 0) is 14.3 Å². The first kappa shape index (κ1) is 23.3. The molecule has 0 spiro atoms. The molecule has 0 heterocycles. The fourth-order valence-electron chi connectivity index (χ4n) is 4.14. The van der Waals surface area contributed by atoms with Crippen molar-refractivity contribution in [3.05, 3.63) is 59.7 Å². The van der Waals surface area contributed by atoms with Crippen LogP contribution in [0.25, 0.3) is 11.1 Å². The number of carboxylic acids is 1. The zero-order chi connectivity index (χ0) is 23.3. The molecule has 0 fully saturated rings. The average Bonchev–Trinajstić information content (AvgIpc) is 3.05. The van der Waals surface area contributed by atoms with Gasteiger partial charge in [0.1, 0.15) is 6.61 Å². The van der Waals surface area contributed by atoms with Crippen LogP contribution in [0, 0.1) is 11.8 Å². The van der Waals surface area contributed by atoms with Crippen LogP contribution < -0.4 is 10.6 Å². The first-order valence-electron chi connectivity index (χ1n) is 10.9. The van der Waals surface area contributed by atoms with Gasteiger partial charge in [-0.3, -0.25) is 9.59 Å². The van der Waals surface area contributed by atoms with Crippen molar-refractivity contribution in [2.75, 3.05) is 13.2 Å². The first-order valence-corrected chi connectivity index (χ1v) is 10.9. The lowest BCUT2D eigenvalue weighted by atomic mass is 9.94. The van der Waals surface area contributed by atoms with Gasteiger partial charge in [0, 0.05) is 18.5 Å². The van der Waals surface area contributed by atoms with Crippen molar-refractivity contribution in [3.8, 4) is 11.1 Å². The molecule has 2 aromatic rings. The summed E-state index contributed by atoms with van der Waals surface area (Å²) in [6.07, 6.45) is -0.736. The maximum absolute atomic E-state index is 12.5. The minimum absolute atomic E-state index is 0.0331. The van der Waals surface area contributed by atoms with Gasteiger partial charge in [0.25, 0.3) is 0 Å². The molecular weight excluding hydrogens is 408 g/mol. The van der Waals surface area contributed by atoms with Crippen molar-refractivity contribution < 1.29 is 24.2 Å². The van der Waals surface area contributed by atoms with Crippen molar-refractivity contribution in [3.63, 3.8) is 0 Å². The summed E-state index contributed by atoms with van der Waals surface area (Å²) >= 11 is 0. The van der Waals surface area contributed by atoms with E-state index in [1.807, 2.05) is 38.1 Å². The number of ether oxygens (including phenoxy) is 1. The van der Waals surface area contributed by atoms with Gasteiger partial charge >= 0.3 is 12.1 Å². The number of hydrogen-bond donors (Lipinski definition) is 3. The van der Waals surface area contributed by atoms with E-state index >= 15 is 0 Å². The Balaban J connectivity index is 1.56. The molecule has 3 N–H and O–H groups in total. The highest BCUT2D eigenvalue weighted by Gasteiger charge is 2.29. The number of carbonyl (C=O) groups is 3. The Kier molecular flexibility index (Phi) is 7.51. The third-order valence-electron chi connectivity index (χ3n) is 5.82. The highest BCUT2D eigenvalue weighted by molar-refractivity contribution is 5.81. The third kappa shape index (κ3) is 5.46. The standard InChI is InChI=1S/C25H30N2O5/c1-15(2)21(24(30)27-16(3)12-23(28)29)13-26-25(31)32-14-22-19-10-6-4-8-17(19)18-9-5-7-11-20(18)22/h4-11,15-16,21-22H,12-14H2,1-3H3,(H,26,31)(H,27,30)(H,28,29)/t16-,21?/m0/s1. The molecule has 0 bridgehead atoms. The van der Waals surface area contributed by atoms with Crippen molar-refractivity contribution in [1.82, 2.24) is 10.6 Å². The Morgan fingerprint density at radius 3 is 2.06 bits per heavy atom. The molecule has 0 saturated carbocycles. The van der Waals surface area contributed by atoms with E-state index in [1.165, 1.54) is 0 Å². The Bertz CT molecular complexity index is 942. The molecule has 0 aliphatic heterocycles. The summed E-state index contributed by atoms with van der Waals surface area (Å²) < 4.78 is 5.52. The van der Waals surface area contributed by atoms with Crippen LogP contribution in [0.15, 0.2) is 48.5 Å². The second kappa shape index (κ2) is 10.3. The van der Waals surface area contributed by atoms with Crippen LogP contribution in [0.5, 0.6) is 0 Å². The van der Waals surface area contributed by atoms with Gasteiger partial charge in [-0.2, -0.15) is 0 Å². The van der Waals surface area contributed by atoms with E-state index in [9.17, 15) is 14.4 Å². The molecule has 1 aliphatic carbocycles. The number of alkyl carbamates (subject to hydrolysis) is 1. The molecule has 3 rings (SSSR count). The van der Waals surface area contributed by atoms with Crippen molar-refractivity contribution in [2.45, 2.75) is 39.2 Å². The highest BCUT2D eigenvalue weighted by atomic mass is 16.5. The Hall–Kier alpha value is -3.35. The van der Waals surface area contributed by atoms with Crippen LogP contribution >= 0.6 is 0 Å². The summed E-state index contributed by atoms with van der Waals surface area (Å²) in [5.41, 5.74) is 4.58. The summed E-state index contributed by atoms with van der Waals surface area (Å²) in [5.74, 6) is -1.83. The van der Waals surface area contributed by atoms with Gasteiger partial charge in [-0.25, -0.2) is 4.79 Å². The van der Waals surface area contributed by atoms with Gasteiger partial charge in [-0.05, 0) is 35.1 Å². The number of amides is 2. The number of benzene rings is 2. The monoisotopic (exact) mass is 438 g/mol. The molecule has 2 aromatic carbocycles. The normalized spacial score (nSPS) is 14.2. The topological polar surface area (TPSA) is 105 Å². The quantitative estimate of drug-likeness (QED) is 0.553. The lowest BCUT2D eigenvalue weighted by molar-refractivity contribution is -0.137. The maximum Gasteiger partial charge on any atom is 0.407 e. The van der Waals surface area contributed by atoms with E-state index < -0.39 is 24.0 Å². The smallest absolute Gasteiger partial charge is 0.407 e. The number of rotatable bonds is 9. The molecule has 170 valence electrons. The molecule has 2 amide bonds. The van der Waals surface area contributed by atoms with Gasteiger partial charge in [-0.1, -0.05) is 62.4 Å². The second-order valence-corrected chi connectivity index (χ2v) is 8.56. The molecule has 7 nitrogen and oxygen atoms in total. The van der Waals surface area contributed by atoms with Crippen LogP contribution in [-0.4, -0.2) is 42.3 Å². The predicted octanol–water partition coefficient (Wildman–Crippen LogP) is 3.78. The molecule has 0 saturated heterocycles. The van der Waals surface area contributed by atoms with E-state index in [1.54, 1.807) is 6.92 Å². The van der Waals surface area contributed by atoms with E-state index in [-0.39, 0.29) is 37.3 Å². The SMILES string of the molecule is CC(C)C(CNC(=O)OCC1c2ccccc2-c2ccccc21)C(=O)N[C@@H](C)CC(=O)O. The van der Waals surface area contributed by atoms with Gasteiger partial charge in [0.05, 0.1) is 12.3 Å². The average molecular weight is 439 g/mol. The highest BCUT2D eigenvalue weighted by Crippen LogP contribution is 2.44. The molecule has 7 heteroatoms. The Morgan fingerprint density at radius 2 is 1.53 bits per heavy atom. The zero-order valence-corrected chi connectivity index (χ0v) is 18.6. The van der Waals surface area contributed by atoms with E-state index in [2.05, 4.69) is 34.9 Å². The fourth-order valence-corrected chi connectivity index (χ4v) is 4.14. The summed E-state index contributed by atoms with van der Waals surface area (Å²) in [6, 6.07) is 15.7. The predicted molar refractivity (Wildman–Crippen MR) is 121 cm³/mol. The van der Waals surface area contributed by atoms with Crippen LogP contribution in [0.4, 0.5) is 4.79 Å². The molecule has 2 atom stereocenters. The summed E-state index contributed by atoms with van der Waals surface area (Å²) in [6.45, 7) is 5.72. The zero-order valence-electron chi connectivity index (χ0n) is 18.6. The number of nitrogens with one attached hydrogen (secondary N) is 2.